The number of aryl methyl sites for hydroxylation is 1. The van der Waals surface area contributed by atoms with Gasteiger partial charge in [-0.2, -0.15) is 0 Å². The molecule has 6 heteroatoms. The highest BCUT2D eigenvalue weighted by molar-refractivity contribution is 6.00. The Morgan fingerprint density at radius 1 is 1.40 bits per heavy atom. The molecule has 20 heavy (non-hydrogen) atoms. The molecular weight excluding hydrogens is 260 g/mol. The van der Waals surface area contributed by atoms with Crippen molar-refractivity contribution in [3.63, 3.8) is 0 Å². The summed E-state index contributed by atoms with van der Waals surface area (Å²) in [6, 6.07) is 0.643. The van der Waals surface area contributed by atoms with Crippen LogP contribution in [-0.4, -0.2) is 44.3 Å². The van der Waals surface area contributed by atoms with Gasteiger partial charge in [0.1, 0.15) is 11.7 Å². The van der Waals surface area contributed by atoms with E-state index in [0.717, 1.165) is 12.8 Å². The number of amides is 1. The molecule has 1 atom stereocenters. The van der Waals surface area contributed by atoms with Crippen LogP contribution in [0.4, 0.5) is 0 Å². The van der Waals surface area contributed by atoms with Gasteiger partial charge in [0, 0.05) is 24.8 Å². The maximum atomic E-state index is 12.6. The van der Waals surface area contributed by atoms with Crippen molar-refractivity contribution in [1.29, 1.82) is 0 Å². The van der Waals surface area contributed by atoms with E-state index < -0.39 is 12.0 Å². The molecule has 1 unspecified atom stereocenters. The maximum Gasteiger partial charge on any atom is 0.326 e. The second-order valence-electron chi connectivity index (χ2n) is 5.24. The first-order valence-electron chi connectivity index (χ1n) is 6.55. The van der Waals surface area contributed by atoms with Gasteiger partial charge in [0.2, 0.25) is 0 Å². The Bertz CT molecular complexity index is 572. The number of carboxylic acid groups (broad SMARTS) is 1. The lowest BCUT2D eigenvalue weighted by atomic mass is 10.2. The third-order valence-corrected chi connectivity index (χ3v) is 3.58. The van der Waals surface area contributed by atoms with Gasteiger partial charge >= 0.3 is 5.97 Å². The predicted molar refractivity (Wildman–Crippen MR) is 71.7 cm³/mol. The number of hydrogen-bond acceptors (Lipinski definition) is 3. The molecule has 1 aromatic rings. The molecule has 1 aliphatic rings. The Morgan fingerprint density at radius 3 is 2.40 bits per heavy atom. The molecule has 1 saturated carbocycles. The second-order valence-corrected chi connectivity index (χ2v) is 5.24. The van der Waals surface area contributed by atoms with E-state index in [1.807, 2.05) is 0 Å². The van der Waals surface area contributed by atoms with Gasteiger partial charge in [-0.3, -0.25) is 9.59 Å². The molecule has 2 rings (SSSR count). The number of carbonyl (C=O) groups excluding carboxylic acids is 2. The molecule has 1 aliphatic carbocycles. The number of rotatable bonds is 5. The van der Waals surface area contributed by atoms with E-state index in [9.17, 15) is 14.4 Å². The Morgan fingerprint density at radius 2 is 2.00 bits per heavy atom. The largest absolute Gasteiger partial charge is 0.480 e. The normalized spacial score (nSPS) is 15.8. The molecule has 1 fully saturated rings. The van der Waals surface area contributed by atoms with Gasteiger partial charge in [-0.25, -0.2) is 4.79 Å². The number of aromatic nitrogens is 1. The molecule has 108 valence electrons. The SMILES string of the molecule is CC(=O)c1cc(C(=O)N(C2CC2)C(C)C(=O)O)n(C)c1. The number of nitrogens with zero attached hydrogens (tertiary/aromatic N) is 2. The lowest BCUT2D eigenvalue weighted by Crippen LogP contribution is -2.45. The van der Waals surface area contributed by atoms with Crippen molar-refractivity contribution >= 4 is 17.7 Å². The number of carbonyl (C=O) groups is 3. The number of ketones is 1. The third kappa shape index (κ3) is 2.59. The molecule has 0 radical (unpaired) electrons. The average Bonchev–Trinajstić information content (AvgIpc) is 3.10. The summed E-state index contributed by atoms with van der Waals surface area (Å²) in [7, 11) is 1.68. The first-order chi connectivity index (χ1) is 9.32. The van der Waals surface area contributed by atoms with Crippen LogP contribution in [0, 0.1) is 0 Å². The summed E-state index contributed by atoms with van der Waals surface area (Å²) in [4.78, 5) is 36.5. The van der Waals surface area contributed by atoms with E-state index >= 15 is 0 Å². The zero-order valence-electron chi connectivity index (χ0n) is 11.8. The van der Waals surface area contributed by atoms with Crippen LogP contribution in [0.15, 0.2) is 12.3 Å². The molecular formula is C14H18N2O4. The quantitative estimate of drug-likeness (QED) is 0.823. The van der Waals surface area contributed by atoms with Gasteiger partial charge < -0.3 is 14.6 Å². The molecule has 1 N–H and O–H groups in total. The lowest BCUT2D eigenvalue weighted by molar-refractivity contribution is -0.141. The molecule has 1 heterocycles. The summed E-state index contributed by atoms with van der Waals surface area (Å²) in [5, 5.41) is 9.13. The minimum absolute atomic E-state index is 0.00993. The van der Waals surface area contributed by atoms with Crippen molar-refractivity contribution in [1.82, 2.24) is 9.47 Å². The Balaban J connectivity index is 2.32. The maximum absolute atomic E-state index is 12.6. The van der Waals surface area contributed by atoms with E-state index in [4.69, 9.17) is 5.11 Å². The van der Waals surface area contributed by atoms with Crippen LogP contribution >= 0.6 is 0 Å². The first kappa shape index (κ1) is 14.3. The topological polar surface area (TPSA) is 79.6 Å². The number of hydrogen-bond donors (Lipinski definition) is 1. The van der Waals surface area contributed by atoms with Crippen molar-refractivity contribution in [3.8, 4) is 0 Å². The minimum Gasteiger partial charge on any atom is -0.480 e. The Labute approximate surface area is 117 Å². The fourth-order valence-corrected chi connectivity index (χ4v) is 2.23. The molecule has 0 bridgehead atoms. The zero-order valence-corrected chi connectivity index (χ0v) is 11.8. The van der Waals surface area contributed by atoms with E-state index in [2.05, 4.69) is 0 Å². The monoisotopic (exact) mass is 278 g/mol. The van der Waals surface area contributed by atoms with Crippen LogP contribution in [0.3, 0.4) is 0 Å². The summed E-state index contributed by atoms with van der Waals surface area (Å²) in [5.74, 6) is -1.48. The van der Waals surface area contributed by atoms with Gasteiger partial charge in [0.25, 0.3) is 5.91 Å². The van der Waals surface area contributed by atoms with Gasteiger partial charge in [0.05, 0.1) is 0 Å². The molecule has 0 aliphatic heterocycles. The van der Waals surface area contributed by atoms with E-state index in [1.165, 1.54) is 24.8 Å². The van der Waals surface area contributed by atoms with Crippen molar-refractivity contribution in [2.75, 3.05) is 0 Å². The van der Waals surface area contributed by atoms with Gasteiger partial charge in [-0.05, 0) is 32.8 Å². The molecule has 1 aromatic heterocycles. The standard InChI is InChI=1S/C14H18N2O4/c1-8(14(19)20)16(11-4-5-11)13(18)12-6-10(9(2)17)7-15(12)3/h6-8,11H,4-5H2,1-3H3,(H,19,20). The minimum atomic E-state index is -1.02. The predicted octanol–water partition coefficient (Wildman–Crippen LogP) is 1.31. The van der Waals surface area contributed by atoms with Crippen LogP contribution in [0.25, 0.3) is 0 Å². The second kappa shape index (κ2) is 5.11. The third-order valence-electron chi connectivity index (χ3n) is 3.58. The van der Waals surface area contributed by atoms with Gasteiger partial charge in [-0.15, -0.1) is 0 Å². The summed E-state index contributed by atoms with van der Waals surface area (Å²) >= 11 is 0. The summed E-state index contributed by atoms with van der Waals surface area (Å²) in [5.41, 5.74) is 0.796. The van der Waals surface area contributed by atoms with E-state index in [-0.39, 0.29) is 17.7 Å². The van der Waals surface area contributed by atoms with Crippen LogP contribution < -0.4 is 0 Å². The highest BCUT2D eigenvalue weighted by Crippen LogP contribution is 2.30. The summed E-state index contributed by atoms with van der Waals surface area (Å²) in [6.07, 6.45) is 3.24. The highest BCUT2D eigenvalue weighted by Gasteiger charge is 2.39. The van der Waals surface area contributed by atoms with Crippen molar-refractivity contribution in [3.05, 3.63) is 23.5 Å². The Kier molecular flexibility index (Phi) is 3.65. The fourth-order valence-electron chi connectivity index (χ4n) is 2.23. The first-order valence-corrected chi connectivity index (χ1v) is 6.55. The van der Waals surface area contributed by atoms with Crippen LogP contribution in [0.2, 0.25) is 0 Å². The highest BCUT2D eigenvalue weighted by atomic mass is 16.4. The van der Waals surface area contributed by atoms with Crippen molar-refractivity contribution in [2.24, 2.45) is 7.05 Å². The van der Waals surface area contributed by atoms with Crippen molar-refractivity contribution < 1.29 is 19.5 Å². The number of aliphatic carboxylic acids is 1. The Hall–Kier alpha value is -2.11. The van der Waals surface area contributed by atoms with E-state index in [0.29, 0.717) is 11.3 Å². The van der Waals surface area contributed by atoms with Crippen molar-refractivity contribution in [2.45, 2.75) is 38.8 Å². The van der Waals surface area contributed by atoms with Crippen LogP contribution in [0.1, 0.15) is 47.5 Å². The molecule has 0 spiro atoms. The molecule has 0 aromatic carbocycles. The lowest BCUT2D eigenvalue weighted by Gasteiger charge is -2.26. The zero-order chi connectivity index (χ0) is 15.0. The number of Topliss-reactive ketones (excluding diaryl/α,β-unsaturated/α-hetero) is 1. The van der Waals surface area contributed by atoms with Crippen LogP contribution in [0.5, 0.6) is 0 Å². The molecule has 0 saturated heterocycles. The molecule has 1 amide bonds. The summed E-state index contributed by atoms with van der Waals surface area (Å²) in [6.45, 7) is 2.94. The smallest absolute Gasteiger partial charge is 0.326 e. The molecule has 6 nitrogen and oxygen atoms in total. The van der Waals surface area contributed by atoms with Gasteiger partial charge in [0.15, 0.2) is 5.78 Å². The number of carboxylic acids is 1. The van der Waals surface area contributed by atoms with Crippen LogP contribution in [-0.2, 0) is 11.8 Å². The van der Waals surface area contributed by atoms with E-state index in [1.54, 1.807) is 17.8 Å². The van der Waals surface area contributed by atoms with Gasteiger partial charge in [-0.1, -0.05) is 0 Å². The average molecular weight is 278 g/mol. The fraction of sp³-hybridized carbons (Fsp3) is 0.500. The summed E-state index contributed by atoms with van der Waals surface area (Å²) < 4.78 is 1.57.